The molecule has 0 heteroatoms. The van der Waals surface area contributed by atoms with Gasteiger partial charge in [-0.25, -0.2) is 0 Å². The Bertz CT molecular complexity index is 182. The molecule has 1 aliphatic rings. The largest absolute Gasteiger partial charge is 0.0738 e. The van der Waals surface area contributed by atoms with Crippen molar-refractivity contribution in [1.82, 2.24) is 0 Å². The van der Waals surface area contributed by atoms with E-state index in [0.717, 1.165) is 0 Å². The highest BCUT2D eigenvalue weighted by Gasteiger charge is 2.31. The van der Waals surface area contributed by atoms with Gasteiger partial charge in [0.05, 0.1) is 0 Å². The SMILES string of the molecule is CCC1(CC)CCCC(C)=C1C. The first-order valence-corrected chi connectivity index (χ1v) is 5.33. The summed E-state index contributed by atoms with van der Waals surface area (Å²) in [7, 11) is 0. The van der Waals surface area contributed by atoms with E-state index in [9.17, 15) is 0 Å². The highest BCUT2D eigenvalue weighted by atomic mass is 14.4. The minimum Gasteiger partial charge on any atom is -0.0738 e. The van der Waals surface area contributed by atoms with Crippen LogP contribution in [0.15, 0.2) is 11.1 Å². The fourth-order valence-corrected chi connectivity index (χ4v) is 2.65. The van der Waals surface area contributed by atoms with E-state index in [1.54, 1.807) is 11.1 Å². The van der Waals surface area contributed by atoms with Crippen molar-refractivity contribution >= 4 is 0 Å². The Morgan fingerprint density at radius 2 is 1.75 bits per heavy atom. The molecule has 1 rings (SSSR count). The summed E-state index contributed by atoms with van der Waals surface area (Å²) in [5, 5.41) is 0. The van der Waals surface area contributed by atoms with Crippen LogP contribution in [0.25, 0.3) is 0 Å². The third-order valence-corrected chi connectivity index (χ3v) is 4.00. The molecule has 0 N–H and O–H groups in total. The molecule has 12 heavy (non-hydrogen) atoms. The molecule has 0 saturated carbocycles. The molecular formula is C12H22. The van der Waals surface area contributed by atoms with Gasteiger partial charge in [0.25, 0.3) is 0 Å². The standard InChI is InChI=1S/C12H22/c1-5-12(6-2)9-7-8-10(3)11(12)4/h5-9H2,1-4H3. The average molecular weight is 166 g/mol. The Labute approximate surface area is 77.1 Å². The van der Waals surface area contributed by atoms with Crippen molar-refractivity contribution in [3.05, 3.63) is 11.1 Å². The van der Waals surface area contributed by atoms with Gasteiger partial charge in [-0.3, -0.25) is 0 Å². The van der Waals surface area contributed by atoms with Crippen molar-refractivity contribution in [3.8, 4) is 0 Å². The van der Waals surface area contributed by atoms with Crippen molar-refractivity contribution in [2.75, 3.05) is 0 Å². The number of hydrogen-bond donors (Lipinski definition) is 0. The number of allylic oxidation sites excluding steroid dienone is 2. The second kappa shape index (κ2) is 3.64. The lowest BCUT2D eigenvalue weighted by atomic mass is 9.67. The van der Waals surface area contributed by atoms with Gasteiger partial charge in [0, 0.05) is 0 Å². The van der Waals surface area contributed by atoms with Crippen molar-refractivity contribution < 1.29 is 0 Å². The molecule has 0 bridgehead atoms. The molecule has 0 unspecified atom stereocenters. The van der Waals surface area contributed by atoms with E-state index in [4.69, 9.17) is 0 Å². The topological polar surface area (TPSA) is 0 Å². The van der Waals surface area contributed by atoms with Gasteiger partial charge in [-0.1, -0.05) is 25.0 Å². The fraction of sp³-hybridized carbons (Fsp3) is 0.833. The normalized spacial score (nSPS) is 23.0. The average Bonchev–Trinajstić information content (AvgIpc) is 2.11. The molecule has 0 nitrogen and oxygen atoms in total. The molecule has 0 fully saturated rings. The van der Waals surface area contributed by atoms with Crippen LogP contribution >= 0.6 is 0 Å². The molecule has 1 aliphatic carbocycles. The van der Waals surface area contributed by atoms with Gasteiger partial charge in [0.1, 0.15) is 0 Å². The first-order valence-electron chi connectivity index (χ1n) is 5.33. The second-order valence-electron chi connectivity index (χ2n) is 4.25. The predicted octanol–water partition coefficient (Wildman–Crippen LogP) is 4.31. The third-order valence-electron chi connectivity index (χ3n) is 4.00. The zero-order valence-corrected chi connectivity index (χ0v) is 9.04. The smallest absolute Gasteiger partial charge is 0.00934 e. The molecule has 0 amide bonds. The molecule has 0 radical (unpaired) electrons. The van der Waals surface area contributed by atoms with Gasteiger partial charge in [-0.2, -0.15) is 0 Å². The van der Waals surface area contributed by atoms with Crippen LogP contribution in [0.1, 0.15) is 59.8 Å². The summed E-state index contributed by atoms with van der Waals surface area (Å²) in [6.45, 7) is 9.34. The monoisotopic (exact) mass is 166 g/mol. The molecule has 0 aliphatic heterocycles. The van der Waals surface area contributed by atoms with Crippen LogP contribution in [-0.2, 0) is 0 Å². The number of hydrogen-bond acceptors (Lipinski definition) is 0. The van der Waals surface area contributed by atoms with Gasteiger partial charge in [-0.15, -0.1) is 0 Å². The highest BCUT2D eigenvalue weighted by Crippen LogP contribution is 2.45. The van der Waals surface area contributed by atoms with Gasteiger partial charge >= 0.3 is 0 Å². The van der Waals surface area contributed by atoms with Crippen LogP contribution in [0.2, 0.25) is 0 Å². The Morgan fingerprint density at radius 3 is 2.17 bits per heavy atom. The van der Waals surface area contributed by atoms with Crippen LogP contribution in [-0.4, -0.2) is 0 Å². The first-order chi connectivity index (χ1) is 5.66. The molecule has 0 aromatic carbocycles. The van der Waals surface area contributed by atoms with E-state index in [1.807, 2.05) is 0 Å². The van der Waals surface area contributed by atoms with E-state index < -0.39 is 0 Å². The zero-order chi connectivity index (χ0) is 9.19. The van der Waals surface area contributed by atoms with Crippen LogP contribution in [0, 0.1) is 5.41 Å². The maximum Gasteiger partial charge on any atom is -0.00934 e. The van der Waals surface area contributed by atoms with E-state index in [1.165, 1.54) is 32.1 Å². The Morgan fingerprint density at radius 1 is 1.17 bits per heavy atom. The molecule has 0 atom stereocenters. The van der Waals surface area contributed by atoms with Crippen molar-refractivity contribution in [1.29, 1.82) is 0 Å². The maximum absolute atomic E-state index is 2.35. The van der Waals surface area contributed by atoms with E-state index in [-0.39, 0.29) is 0 Å². The summed E-state index contributed by atoms with van der Waals surface area (Å²) in [5.74, 6) is 0. The van der Waals surface area contributed by atoms with Crippen molar-refractivity contribution in [2.24, 2.45) is 5.41 Å². The fourth-order valence-electron chi connectivity index (χ4n) is 2.65. The predicted molar refractivity (Wildman–Crippen MR) is 55.2 cm³/mol. The molecule has 0 aromatic rings. The lowest BCUT2D eigenvalue weighted by Gasteiger charge is -2.38. The van der Waals surface area contributed by atoms with Gasteiger partial charge in [0.2, 0.25) is 0 Å². The Hall–Kier alpha value is -0.260. The molecule has 0 saturated heterocycles. The highest BCUT2D eigenvalue weighted by molar-refractivity contribution is 5.21. The molecular weight excluding hydrogens is 144 g/mol. The van der Waals surface area contributed by atoms with E-state index >= 15 is 0 Å². The Kier molecular flexibility index (Phi) is 2.98. The summed E-state index contributed by atoms with van der Waals surface area (Å²) < 4.78 is 0. The lowest BCUT2D eigenvalue weighted by Crippen LogP contribution is -2.24. The molecule has 0 aromatic heterocycles. The van der Waals surface area contributed by atoms with Gasteiger partial charge < -0.3 is 0 Å². The van der Waals surface area contributed by atoms with E-state index in [2.05, 4.69) is 27.7 Å². The van der Waals surface area contributed by atoms with Crippen molar-refractivity contribution in [3.63, 3.8) is 0 Å². The minimum atomic E-state index is 0.572. The quantitative estimate of drug-likeness (QED) is 0.536. The number of rotatable bonds is 2. The Balaban J connectivity index is 2.95. The van der Waals surface area contributed by atoms with Gasteiger partial charge in [0.15, 0.2) is 0 Å². The molecule has 0 spiro atoms. The molecule has 0 heterocycles. The van der Waals surface area contributed by atoms with Crippen LogP contribution in [0.4, 0.5) is 0 Å². The minimum absolute atomic E-state index is 0.572. The van der Waals surface area contributed by atoms with Crippen LogP contribution < -0.4 is 0 Å². The van der Waals surface area contributed by atoms with Crippen LogP contribution in [0.3, 0.4) is 0 Å². The zero-order valence-electron chi connectivity index (χ0n) is 9.04. The summed E-state index contributed by atoms with van der Waals surface area (Å²) >= 11 is 0. The summed E-state index contributed by atoms with van der Waals surface area (Å²) in [6.07, 6.45) is 6.82. The first kappa shape index (κ1) is 9.83. The summed E-state index contributed by atoms with van der Waals surface area (Å²) in [4.78, 5) is 0. The van der Waals surface area contributed by atoms with E-state index in [0.29, 0.717) is 5.41 Å². The van der Waals surface area contributed by atoms with Crippen molar-refractivity contribution in [2.45, 2.75) is 59.8 Å². The van der Waals surface area contributed by atoms with Gasteiger partial charge in [-0.05, 0) is 51.4 Å². The maximum atomic E-state index is 2.35. The second-order valence-corrected chi connectivity index (χ2v) is 4.25. The summed E-state index contributed by atoms with van der Waals surface area (Å²) in [6, 6.07) is 0. The summed E-state index contributed by atoms with van der Waals surface area (Å²) in [5.41, 5.74) is 3.92. The molecule has 70 valence electrons. The third kappa shape index (κ3) is 1.44. The van der Waals surface area contributed by atoms with Crippen LogP contribution in [0.5, 0.6) is 0 Å². The lowest BCUT2D eigenvalue weighted by molar-refractivity contribution is 0.274.